The highest BCUT2D eigenvalue weighted by Crippen LogP contribution is 2.23. The van der Waals surface area contributed by atoms with Crippen LogP contribution in [0.4, 0.5) is 0 Å². The zero-order valence-electron chi connectivity index (χ0n) is 8.83. The average molecular weight is 210 g/mol. The molecule has 0 radical (unpaired) electrons. The summed E-state index contributed by atoms with van der Waals surface area (Å²) in [6, 6.07) is 8.05. The van der Waals surface area contributed by atoms with Gasteiger partial charge in [0.05, 0.1) is 6.20 Å². The first-order chi connectivity index (χ1) is 7.86. The SMILES string of the molecule is Cn1ccnc1-c1nncc2ccccc12. The van der Waals surface area contributed by atoms with Crippen molar-refractivity contribution in [3.05, 3.63) is 42.9 Å². The Hall–Kier alpha value is -2.23. The third kappa shape index (κ3) is 1.27. The molecule has 16 heavy (non-hydrogen) atoms. The van der Waals surface area contributed by atoms with Crippen LogP contribution < -0.4 is 0 Å². The summed E-state index contributed by atoms with van der Waals surface area (Å²) in [5.74, 6) is 0.837. The van der Waals surface area contributed by atoms with Gasteiger partial charge in [-0.2, -0.15) is 5.10 Å². The van der Waals surface area contributed by atoms with Crippen LogP contribution in [0.5, 0.6) is 0 Å². The van der Waals surface area contributed by atoms with Crippen molar-refractivity contribution in [2.75, 3.05) is 0 Å². The van der Waals surface area contributed by atoms with Crippen molar-refractivity contribution in [3.63, 3.8) is 0 Å². The zero-order chi connectivity index (χ0) is 11.0. The summed E-state index contributed by atoms with van der Waals surface area (Å²) in [6.07, 6.45) is 5.43. The van der Waals surface area contributed by atoms with Gasteiger partial charge in [0.15, 0.2) is 5.82 Å². The minimum absolute atomic E-state index is 0.825. The van der Waals surface area contributed by atoms with Crippen molar-refractivity contribution >= 4 is 10.8 Å². The number of nitrogens with zero attached hydrogens (tertiary/aromatic N) is 4. The molecule has 0 amide bonds. The predicted molar refractivity (Wildman–Crippen MR) is 61.7 cm³/mol. The van der Waals surface area contributed by atoms with Gasteiger partial charge in [0.2, 0.25) is 0 Å². The number of hydrogen-bond acceptors (Lipinski definition) is 3. The molecule has 1 aromatic carbocycles. The van der Waals surface area contributed by atoms with Gasteiger partial charge in [0.25, 0.3) is 0 Å². The van der Waals surface area contributed by atoms with E-state index < -0.39 is 0 Å². The molecule has 3 rings (SSSR count). The lowest BCUT2D eigenvalue weighted by Gasteiger charge is -2.03. The maximum Gasteiger partial charge on any atom is 0.160 e. The Labute approximate surface area is 92.6 Å². The molecule has 0 bridgehead atoms. The summed E-state index contributed by atoms with van der Waals surface area (Å²) in [7, 11) is 1.95. The molecule has 0 atom stereocenters. The summed E-state index contributed by atoms with van der Waals surface area (Å²) in [6.45, 7) is 0. The van der Waals surface area contributed by atoms with Crippen LogP contribution in [0, 0.1) is 0 Å². The van der Waals surface area contributed by atoms with Crippen molar-refractivity contribution in [3.8, 4) is 11.5 Å². The molecular weight excluding hydrogens is 200 g/mol. The van der Waals surface area contributed by atoms with Gasteiger partial charge in [0, 0.05) is 30.2 Å². The van der Waals surface area contributed by atoms with Crippen molar-refractivity contribution in [1.29, 1.82) is 0 Å². The smallest absolute Gasteiger partial charge is 0.160 e. The van der Waals surface area contributed by atoms with Crippen molar-refractivity contribution < 1.29 is 0 Å². The van der Waals surface area contributed by atoms with E-state index in [2.05, 4.69) is 15.2 Å². The highest BCUT2D eigenvalue weighted by molar-refractivity contribution is 5.92. The van der Waals surface area contributed by atoms with Gasteiger partial charge >= 0.3 is 0 Å². The third-order valence-electron chi connectivity index (χ3n) is 2.60. The monoisotopic (exact) mass is 210 g/mol. The zero-order valence-corrected chi connectivity index (χ0v) is 8.83. The molecule has 0 aliphatic carbocycles. The fourth-order valence-electron chi connectivity index (χ4n) is 1.79. The Bertz CT molecular complexity index is 637. The molecule has 0 unspecified atom stereocenters. The highest BCUT2D eigenvalue weighted by Gasteiger charge is 2.09. The summed E-state index contributed by atoms with van der Waals surface area (Å²) in [4.78, 5) is 4.30. The summed E-state index contributed by atoms with van der Waals surface area (Å²) in [5, 5.41) is 10.3. The van der Waals surface area contributed by atoms with Gasteiger partial charge in [-0.3, -0.25) is 0 Å². The minimum atomic E-state index is 0.825. The van der Waals surface area contributed by atoms with Crippen molar-refractivity contribution in [2.24, 2.45) is 7.05 Å². The minimum Gasteiger partial charge on any atom is -0.333 e. The average Bonchev–Trinajstić information content (AvgIpc) is 2.75. The van der Waals surface area contributed by atoms with Crippen molar-refractivity contribution in [1.82, 2.24) is 19.7 Å². The quantitative estimate of drug-likeness (QED) is 0.617. The summed E-state index contributed by atoms with van der Waals surface area (Å²) < 4.78 is 1.94. The van der Waals surface area contributed by atoms with E-state index in [9.17, 15) is 0 Å². The number of fused-ring (bicyclic) bond motifs is 1. The second kappa shape index (κ2) is 3.41. The number of aromatic nitrogens is 4. The molecule has 2 aromatic heterocycles. The van der Waals surface area contributed by atoms with E-state index in [0.717, 1.165) is 22.3 Å². The third-order valence-corrected chi connectivity index (χ3v) is 2.60. The van der Waals surface area contributed by atoms with Gasteiger partial charge in [0.1, 0.15) is 5.69 Å². The first kappa shape index (κ1) is 9.03. The van der Waals surface area contributed by atoms with E-state index in [1.54, 1.807) is 12.4 Å². The molecule has 0 saturated heterocycles. The van der Waals surface area contributed by atoms with Crippen LogP contribution in [0.15, 0.2) is 42.9 Å². The second-order valence-corrected chi connectivity index (χ2v) is 3.64. The number of hydrogen-bond donors (Lipinski definition) is 0. The van der Waals surface area contributed by atoms with Gasteiger partial charge < -0.3 is 4.57 Å². The molecule has 0 spiro atoms. The number of imidazole rings is 1. The molecule has 0 saturated carbocycles. The summed E-state index contributed by atoms with van der Waals surface area (Å²) >= 11 is 0. The second-order valence-electron chi connectivity index (χ2n) is 3.64. The normalized spacial score (nSPS) is 10.8. The highest BCUT2D eigenvalue weighted by atomic mass is 15.1. The molecule has 0 N–H and O–H groups in total. The van der Waals surface area contributed by atoms with Crippen LogP contribution in [-0.2, 0) is 7.05 Å². The van der Waals surface area contributed by atoms with Crippen LogP contribution in [0.2, 0.25) is 0 Å². The molecule has 4 nitrogen and oxygen atoms in total. The van der Waals surface area contributed by atoms with E-state index in [0.29, 0.717) is 0 Å². The lowest BCUT2D eigenvalue weighted by atomic mass is 10.1. The van der Waals surface area contributed by atoms with E-state index in [4.69, 9.17) is 0 Å². The Morgan fingerprint density at radius 3 is 2.88 bits per heavy atom. The van der Waals surface area contributed by atoms with Crippen LogP contribution in [-0.4, -0.2) is 19.7 Å². The summed E-state index contributed by atoms with van der Waals surface area (Å²) in [5.41, 5.74) is 0.825. The molecular formula is C12H10N4. The molecule has 0 aliphatic rings. The molecule has 3 aromatic rings. The van der Waals surface area contributed by atoms with E-state index in [1.165, 1.54) is 0 Å². The maximum atomic E-state index is 4.30. The molecule has 2 heterocycles. The number of rotatable bonds is 1. The first-order valence-electron chi connectivity index (χ1n) is 5.04. The lowest BCUT2D eigenvalue weighted by Crippen LogP contribution is -1.96. The first-order valence-corrected chi connectivity index (χ1v) is 5.04. The molecule has 78 valence electrons. The van der Waals surface area contributed by atoms with E-state index in [-0.39, 0.29) is 0 Å². The van der Waals surface area contributed by atoms with Gasteiger partial charge in [-0.1, -0.05) is 24.3 Å². The number of benzene rings is 1. The van der Waals surface area contributed by atoms with E-state index >= 15 is 0 Å². The van der Waals surface area contributed by atoms with Crippen LogP contribution in [0.3, 0.4) is 0 Å². The standard InChI is InChI=1S/C12H10N4/c1-16-7-6-13-12(16)11-10-5-3-2-4-9(10)8-14-15-11/h2-8H,1H3. The van der Waals surface area contributed by atoms with E-state index in [1.807, 2.05) is 42.1 Å². The Morgan fingerprint density at radius 2 is 2.06 bits per heavy atom. The fourth-order valence-corrected chi connectivity index (χ4v) is 1.79. The Morgan fingerprint density at radius 1 is 1.19 bits per heavy atom. The van der Waals surface area contributed by atoms with Crippen LogP contribution in [0.25, 0.3) is 22.3 Å². The van der Waals surface area contributed by atoms with Gasteiger partial charge in [-0.05, 0) is 0 Å². The maximum absolute atomic E-state index is 4.30. The van der Waals surface area contributed by atoms with Gasteiger partial charge in [-0.25, -0.2) is 4.98 Å². The van der Waals surface area contributed by atoms with Gasteiger partial charge in [-0.15, -0.1) is 5.10 Å². The van der Waals surface area contributed by atoms with Crippen LogP contribution in [0.1, 0.15) is 0 Å². The molecule has 4 heteroatoms. The van der Waals surface area contributed by atoms with Crippen molar-refractivity contribution in [2.45, 2.75) is 0 Å². The lowest BCUT2D eigenvalue weighted by molar-refractivity contribution is 0.908. The molecule has 0 aliphatic heterocycles. The largest absolute Gasteiger partial charge is 0.333 e. The topological polar surface area (TPSA) is 43.6 Å². The predicted octanol–water partition coefficient (Wildman–Crippen LogP) is 2.03. The molecule has 0 fully saturated rings. The van der Waals surface area contributed by atoms with Crippen LogP contribution >= 0.6 is 0 Å². The fraction of sp³-hybridized carbons (Fsp3) is 0.0833. The number of aryl methyl sites for hydroxylation is 1. The Kier molecular flexibility index (Phi) is 1.93. The Balaban J connectivity index is 2.36.